The summed E-state index contributed by atoms with van der Waals surface area (Å²) in [7, 11) is 3.40. The average Bonchev–Trinajstić information content (AvgIpc) is 2.36. The number of benzene rings is 1. The van der Waals surface area contributed by atoms with Crippen LogP contribution in [0.25, 0.3) is 6.08 Å². The van der Waals surface area contributed by atoms with E-state index in [9.17, 15) is 9.59 Å². The third-order valence-corrected chi connectivity index (χ3v) is 2.24. The van der Waals surface area contributed by atoms with Crippen LogP contribution in [0.15, 0.2) is 30.3 Å². The summed E-state index contributed by atoms with van der Waals surface area (Å²) in [5.41, 5.74) is 1.38. The first-order chi connectivity index (χ1) is 8.54. The zero-order valence-electron chi connectivity index (χ0n) is 10.8. The molecule has 0 heterocycles. The lowest BCUT2D eigenvalue weighted by molar-refractivity contribution is -0.137. The fourth-order valence-electron chi connectivity index (χ4n) is 1.39. The Balaban J connectivity index is 2.83. The molecule has 0 aromatic heterocycles. The molecule has 1 rings (SSSR count). The lowest BCUT2D eigenvalue weighted by atomic mass is 10.1. The quantitative estimate of drug-likeness (QED) is 0.603. The maximum atomic E-state index is 11.7. The summed E-state index contributed by atoms with van der Waals surface area (Å²) in [6.07, 6.45) is 2.98. The summed E-state index contributed by atoms with van der Waals surface area (Å²) in [4.78, 5) is 24.4. The van der Waals surface area contributed by atoms with Crippen LogP contribution in [0.3, 0.4) is 0 Å². The number of hydrogen-bond donors (Lipinski definition) is 0. The van der Waals surface area contributed by atoms with Gasteiger partial charge < -0.3 is 9.64 Å². The van der Waals surface area contributed by atoms with Crippen molar-refractivity contribution in [2.24, 2.45) is 0 Å². The van der Waals surface area contributed by atoms with Gasteiger partial charge in [0.2, 0.25) is 0 Å². The van der Waals surface area contributed by atoms with Crippen molar-refractivity contribution in [2.75, 3.05) is 20.7 Å². The van der Waals surface area contributed by atoms with Crippen molar-refractivity contribution in [3.63, 3.8) is 0 Å². The molecule has 1 aromatic carbocycles. The molecule has 0 N–H and O–H groups in total. The van der Waals surface area contributed by atoms with Crippen LogP contribution in [-0.4, -0.2) is 37.5 Å². The fraction of sp³-hybridized carbons (Fsp3) is 0.286. The second-order valence-corrected chi connectivity index (χ2v) is 3.91. The summed E-state index contributed by atoms with van der Waals surface area (Å²) < 4.78 is 4.78. The Labute approximate surface area is 107 Å². The molecule has 0 aliphatic carbocycles. The maximum absolute atomic E-state index is 11.7. The Morgan fingerprint density at radius 1 is 1.33 bits per heavy atom. The van der Waals surface area contributed by atoms with Crippen molar-refractivity contribution in [3.05, 3.63) is 41.5 Å². The molecule has 0 saturated carbocycles. The van der Waals surface area contributed by atoms with Crippen LogP contribution >= 0.6 is 0 Å². The highest BCUT2D eigenvalue weighted by atomic mass is 16.5. The topological polar surface area (TPSA) is 46.6 Å². The molecule has 0 aliphatic rings. The summed E-state index contributed by atoms with van der Waals surface area (Å²) in [6, 6.07) is 7.08. The lowest BCUT2D eigenvalue weighted by Gasteiger charge is -2.10. The Hall–Kier alpha value is -2.10. The Morgan fingerprint density at radius 3 is 2.67 bits per heavy atom. The minimum atomic E-state index is -0.387. The third kappa shape index (κ3) is 4.05. The van der Waals surface area contributed by atoms with Crippen molar-refractivity contribution >= 4 is 18.0 Å². The van der Waals surface area contributed by atoms with Gasteiger partial charge in [-0.15, -0.1) is 0 Å². The van der Waals surface area contributed by atoms with Crippen molar-refractivity contribution < 1.29 is 14.3 Å². The van der Waals surface area contributed by atoms with Gasteiger partial charge in [-0.2, -0.15) is 0 Å². The molecule has 18 heavy (non-hydrogen) atoms. The third-order valence-electron chi connectivity index (χ3n) is 2.24. The smallest absolute Gasteiger partial charge is 0.330 e. The Kier molecular flexibility index (Phi) is 5.11. The van der Waals surface area contributed by atoms with Crippen LogP contribution in [-0.2, 0) is 9.53 Å². The molecule has 96 valence electrons. The number of carbonyl (C=O) groups is 2. The molecule has 0 bridgehead atoms. The molecule has 4 nitrogen and oxygen atoms in total. The van der Waals surface area contributed by atoms with E-state index in [1.807, 2.05) is 6.07 Å². The van der Waals surface area contributed by atoms with Gasteiger partial charge >= 0.3 is 5.97 Å². The predicted octanol–water partition coefficient (Wildman–Crippen LogP) is 1.96. The van der Waals surface area contributed by atoms with Gasteiger partial charge in [-0.1, -0.05) is 12.1 Å². The highest BCUT2D eigenvalue weighted by molar-refractivity contribution is 5.95. The van der Waals surface area contributed by atoms with Gasteiger partial charge in [0.1, 0.15) is 0 Å². The van der Waals surface area contributed by atoms with E-state index in [0.29, 0.717) is 12.2 Å². The van der Waals surface area contributed by atoms with E-state index in [1.54, 1.807) is 45.3 Å². The van der Waals surface area contributed by atoms with Gasteiger partial charge in [-0.3, -0.25) is 4.79 Å². The number of ether oxygens (including phenoxy) is 1. The van der Waals surface area contributed by atoms with Gasteiger partial charge in [0.15, 0.2) is 0 Å². The lowest BCUT2D eigenvalue weighted by Crippen LogP contribution is -2.21. The standard InChI is InChI=1S/C14H17NO3/c1-4-18-13(16)9-8-11-6-5-7-12(10-11)14(17)15(2)3/h5-10H,4H2,1-3H3/b9-8+. The van der Waals surface area contributed by atoms with E-state index >= 15 is 0 Å². The van der Waals surface area contributed by atoms with E-state index < -0.39 is 0 Å². The number of hydrogen-bond acceptors (Lipinski definition) is 3. The molecule has 0 radical (unpaired) electrons. The van der Waals surface area contributed by atoms with E-state index in [0.717, 1.165) is 5.56 Å². The fourth-order valence-corrected chi connectivity index (χ4v) is 1.39. The summed E-state index contributed by atoms with van der Waals surface area (Å²) in [6.45, 7) is 2.10. The normalized spacial score (nSPS) is 10.4. The predicted molar refractivity (Wildman–Crippen MR) is 70.1 cm³/mol. The number of nitrogens with zero attached hydrogens (tertiary/aromatic N) is 1. The molecule has 0 saturated heterocycles. The highest BCUT2D eigenvalue weighted by Gasteiger charge is 2.07. The van der Waals surface area contributed by atoms with Crippen LogP contribution in [0.2, 0.25) is 0 Å². The second kappa shape index (κ2) is 6.59. The number of carbonyl (C=O) groups excluding carboxylic acids is 2. The maximum Gasteiger partial charge on any atom is 0.330 e. The van der Waals surface area contributed by atoms with E-state index in [1.165, 1.54) is 11.0 Å². The molecular formula is C14H17NO3. The molecule has 1 aromatic rings. The van der Waals surface area contributed by atoms with Gasteiger partial charge in [0, 0.05) is 25.7 Å². The van der Waals surface area contributed by atoms with Gasteiger partial charge in [-0.25, -0.2) is 4.79 Å². The summed E-state index contributed by atoms with van der Waals surface area (Å²) >= 11 is 0. The van der Waals surface area contributed by atoms with Crippen molar-refractivity contribution in [3.8, 4) is 0 Å². The molecular weight excluding hydrogens is 230 g/mol. The zero-order chi connectivity index (χ0) is 13.5. The summed E-state index contributed by atoms with van der Waals surface area (Å²) in [5, 5.41) is 0. The Bertz CT molecular complexity index is 464. The molecule has 0 atom stereocenters. The van der Waals surface area contributed by atoms with Crippen molar-refractivity contribution in [2.45, 2.75) is 6.92 Å². The van der Waals surface area contributed by atoms with E-state index in [-0.39, 0.29) is 11.9 Å². The largest absolute Gasteiger partial charge is 0.463 e. The van der Waals surface area contributed by atoms with Crippen LogP contribution < -0.4 is 0 Å². The Morgan fingerprint density at radius 2 is 2.06 bits per heavy atom. The van der Waals surface area contributed by atoms with E-state index in [2.05, 4.69) is 0 Å². The minimum absolute atomic E-state index is 0.0682. The van der Waals surface area contributed by atoms with Crippen molar-refractivity contribution in [1.82, 2.24) is 4.90 Å². The second-order valence-electron chi connectivity index (χ2n) is 3.91. The number of amides is 1. The monoisotopic (exact) mass is 247 g/mol. The highest BCUT2D eigenvalue weighted by Crippen LogP contribution is 2.09. The molecule has 1 amide bonds. The van der Waals surface area contributed by atoms with Crippen LogP contribution in [0.4, 0.5) is 0 Å². The molecule has 0 aliphatic heterocycles. The van der Waals surface area contributed by atoms with Crippen LogP contribution in [0.5, 0.6) is 0 Å². The molecule has 0 fully saturated rings. The minimum Gasteiger partial charge on any atom is -0.463 e. The molecule has 4 heteroatoms. The average molecular weight is 247 g/mol. The van der Waals surface area contributed by atoms with Crippen molar-refractivity contribution in [1.29, 1.82) is 0 Å². The van der Waals surface area contributed by atoms with Crippen LogP contribution in [0.1, 0.15) is 22.8 Å². The SMILES string of the molecule is CCOC(=O)/C=C/c1cccc(C(=O)N(C)C)c1. The number of esters is 1. The van der Waals surface area contributed by atoms with Gasteiger partial charge in [0.25, 0.3) is 5.91 Å². The van der Waals surface area contributed by atoms with Gasteiger partial charge in [0.05, 0.1) is 6.61 Å². The first kappa shape index (κ1) is 14.0. The first-order valence-electron chi connectivity index (χ1n) is 5.71. The summed E-state index contributed by atoms with van der Waals surface area (Å²) in [5.74, 6) is -0.455. The zero-order valence-corrected chi connectivity index (χ0v) is 10.8. The molecule has 0 spiro atoms. The van der Waals surface area contributed by atoms with E-state index in [4.69, 9.17) is 4.74 Å². The molecule has 0 unspecified atom stereocenters. The van der Waals surface area contributed by atoms with Gasteiger partial charge in [-0.05, 0) is 30.7 Å². The van der Waals surface area contributed by atoms with Crippen LogP contribution in [0, 0.1) is 0 Å². The first-order valence-corrected chi connectivity index (χ1v) is 5.71. The number of rotatable bonds is 4.